The van der Waals surface area contributed by atoms with Crippen molar-refractivity contribution in [3.63, 3.8) is 0 Å². The summed E-state index contributed by atoms with van der Waals surface area (Å²) < 4.78 is 0. The highest BCUT2D eigenvalue weighted by Crippen LogP contribution is 2.21. The second-order valence-electron chi connectivity index (χ2n) is 6.55. The van der Waals surface area contributed by atoms with Gasteiger partial charge < -0.3 is 14.9 Å². The Kier molecular flexibility index (Phi) is 5.96. The van der Waals surface area contributed by atoms with Gasteiger partial charge >= 0.3 is 0 Å². The van der Waals surface area contributed by atoms with Gasteiger partial charge in [-0.05, 0) is 64.5 Å². The Balaban J connectivity index is 1.86. The van der Waals surface area contributed by atoms with Gasteiger partial charge in [-0.1, -0.05) is 12.1 Å². The molecule has 120 valence electrons. The molecule has 1 aromatic rings. The molecule has 0 amide bonds. The van der Waals surface area contributed by atoms with Gasteiger partial charge in [-0.15, -0.1) is 0 Å². The molecule has 1 fully saturated rings. The Hall–Kier alpha value is -1.41. The van der Waals surface area contributed by atoms with E-state index in [1.807, 2.05) is 12.1 Å². The number of hydrogen-bond donors (Lipinski definition) is 1. The van der Waals surface area contributed by atoms with Crippen LogP contribution in [0, 0.1) is 11.3 Å². The Bertz CT molecular complexity index is 498. The maximum atomic E-state index is 10.4. The van der Waals surface area contributed by atoms with E-state index in [4.69, 9.17) is 5.26 Å². The van der Waals surface area contributed by atoms with Crippen molar-refractivity contribution in [3.8, 4) is 6.07 Å². The lowest BCUT2D eigenvalue weighted by atomic mass is 10.0. The molecule has 0 saturated carbocycles. The van der Waals surface area contributed by atoms with Gasteiger partial charge in [-0.3, -0.25) is 0 Å². The first-order valence-electron chi connectivity index (χ1n) is 8.13. The molecule has 0 bridgehead atoms. The Morgan fingerprint density at radius 3 is 2.36 bits per heavy atom. The SMILES string of the molecule is CC(C)N1CCC(N(C)CC(O)c2ccc(C#N)cc2)CC1. The molecule has 1 N–H and O–H groups in total. The first-order valence-corrected chi connectivity index (χ1v) is 8.13. The van der Waals surface area contributed by atoms with E-state index in [0.717, 1.165) is 31.5 Å². The lowest BCUT2D eigenvalue weighted by Crippen LogP contribution is -2.46. The molecule has 1 aliphatic heterocycles. The largest absolute Gasteiger partial charge is 0.387 e. The predicted molar refractivity (Wildman–Crippen MR) is 88.5 cm³/mol. The van der Waals surface area contributed by atoms with Crippen molar-refractivity contribution in [2.45, 2.75) is 44.9 Å². The lowest BCUT2D eigenvalue weighted by molar-refractivity contribution is 0.0659. The van der Waals surface area contributed by atoms with Crippen LogP contribution in [-0.2, 0) is 0 Å². The Labute approximate surface area is 134 Å². The molecule has 2 rings (SSSR count). The van der Waals surface area contributed by atoms with E-state index in [9.17, 15) is 5.11 Å². The second kappa shape index (κ2) is 7.73. The summed E-state index contributed by atoms with van der Waals surface area (Å²) in [5, 5.41) is 19.2. The normalized spacial score (nSPS) is 18.6. The summed E-state index contributed by atoms with van der Waals surface area (Å²) in [5.74, 6) is 0. The standard InChI is InChI=1S/C18H27N3O/c1-14(2)21-10-8-17(9-11-21)20(3)13-18(22)16-6-4-15(12-19)5-7-16/h4-7,14,17-18,22H,8-11,13H2,1-3H3. The van der Waals surface area contributed by atoms with E-state index in [1.54, 1.807) is 12.1 Å². The molecule has 22 heavy (non-hydrogen) atoms. The van der Waals surface area contributed by atoms with Crippen LogP contribution in [0.1, 0.15) is 43.9 Å². The summed E-state index contributed by atoms with van der Waals surface area (Å²) in [6.07, 6.45) is 1.82. The van der Waals surface area contributed by atoms with Crippen molar-refractivity contribution in [3.05, 3.63) is 35.4 Å². The second-order valence-corrected chi connectivity index (χ2v) is 6.55. The molecule has 1 unspecified atom stereocenters. The third-order valence-corrected chi connectivity index (χ3v) is 4.74. The maximum absolute atomic E-state index is 10.4. The van der Waals surface area contributed by atoms with E-state index >= 15 is 0 Å². The van der Waals surface area contributed by atoms with Crippen LogP contribution in [0.3, 0.4) is 0 Å². The number of aliphatic hydroxyl groups excluding tert-OH is 1. The number of aliphatic hydroxyl groups is 1. The number of likely N-dealkylation sites (tertiary alicyclic amines) is 1. The molecule has 1 heterocycles. The van der Waals surface area contributed by atoms with Gasteiger partial charge in [-0.2, -0.15) is 5.26 Å². The monoisotopic (exact) mass is 301 g/mol. The van der Waals surface area contributed by atoms with E-state index in [0.29, 0.717) is 24.2 Å². The zero-order valence-corrected chi connectivity index (χ0v) is 13.9. The highest BCUT2D eigenvalue weighted by atomic mass is 16.3. The zero-order valence-electron chi connectivity index (χ0n) is 13.9. The zero-order chi connectivity index (χ0) is 16.1. The Morgan fingerprint density at radius 2 is 1.86 bits per heavy atom. The quantitative estimate of drug-likeness (QED) is 0.907. The number of nitrogens with zero attached hydrogens (tertiary/aromatic N) is 3. The minimum absolute atomic E-state index is 0.499. The van der Waals surface area contributed by atoms with Gasteiger partial charge in [0.1, 0.15) is 0 Å². The third kappa shape index (κ3) is 4.30. The molecular weight excluding hydrogens is 274 g/mol. The molecule has 0 radical (unpaired) electrons. The van der Waals surface area contributed by atoms with Crippen LogP contribution in [0.25, 0.3) is 0 Å². The average Bonchev–Trinajstić information content (AvgIpc) is 2.54. The van der Waals surface area contributed by atoms with Gasteiger partial charge in [0.25, 0.3) is 0 Å². The van der Waals surface area contributed by atoms with Crippen molar-refractivity contribution >= 4 is 0 Å². The molecule has 1 saturated heterocycles. The molecule has 1 atom stereocenters. The average molecular weight is 301 g/mol. The van der Waals surface area contributed by atoms with Crippen LogP contribution in [0.15, 0.2) is 24.3 Å². The van der Waals surface area contributed by atoms with Gasteiger partial charge in [0.05, 0.1) is 17.7 Å². The van der Waals surface area contributed by atoms with Crippen molar-refractivity contribution in [2.75, 3.05) is 26.7 Å². The van der Waals surface area contributed by atoms with Crippen molar-refractivity contribution in [1.29, 1.82) is 5.26 Å². The number of hydrogen-bond acceptors (Lipinski definition) is 4. The third-order valence-electron chi connectivity index (χ3n) is 4.74. The van der Waals surface area contributed by atoms with Crippen LogP contribution in [-0.4, -0.2) is 53.7 Å². The van der Waals surface area contributed by atoms with Crippen molar-refractivity contribution in [2.24, 2.45) is 0 Å². The Morgan fingerprint density at radius 1 is 1.27 bits per heavy atom. The smallest absolute Gasteiger partial charge is 0.0991 e. The summed E-state index contributed by atoms with van der Waals surface area (Å²) in [6.45, 7) is 7.41. The first kappa shape index (κ1) is 17.0. The molecular formula is C18H27N3O. The fourth-order valence-corrected chi connectivity index (χ4v) is 3.15. The van der Waals surface area contributed by atoms with Gasteiger partial charge in [0.2, 0.25) is 0 Å². The molecule has 1 aliphatic rings. The van der Waals surface area contributed by atoms with Crippen molar-refractivity contribution < 1.29 is 5.11 Å². The summed E-state index contributed by atoms with van der Waals surface area (Å²) >= 11 is 0. The molecule has 4 nitrogen and oxygen atoms in total. The molecule has 0 aliphatic carbocycles. The number of nitriles is 1. The number of piperidine rings is 1. The number of benzene rings is 1. The minimum atomic E-state index is -0.499. The highest BCUT2D eigenvalue weighted by Gasteiger charge is 2.25. The van der Waals surface area contributed by atoms with Crippen LogP contribution >= 0.6 is 0 Å². The van der Waals surface area contributed by atoms with Crippen LogP contribution < -0.4 is 0 Å². The van der Waals surface area contributed by atoms with Crippen LogP contribution in [0.5, 0.6) is 0 Å². The summed E-state index contributed by atoms with van der Waals surface area (Å²) in [5.41, 5.74) is 1.51. The molecule has 1 aromatic carbocycles. The lowest BCUT2D eigenvalue weighted by Gasteiger charge is -2.39. The fourth-order valence-electron chi connectivity index (χ4n) is 3.15. The van der Waals surface area contributed by atoms with Crippen LogP contribution in [0.2, 0.25) is 0 Å². The van der Waals surface area contributed by atoms with E-state index in [-0.39, 0.29) is 0 Å². The predicted octanol–water partition coefficient (Wildman–Crippen LogP) is 2.40. The molecule has 4 heteroatoms. The molecule has 0 aromatic heterocycles. The van der Waals surface area contributed by atoms with E-state index < -0.39 is 6.10 Å². The summed E-state index contributed by atoms with van der Waals surface area (Å²) in [4.78, 5) is 4.79. The topological polar surface area (TPSA) is 50.5 Å². The maximum Gasteiger partial charge on any atom is 0.0991 e. The first-order chi connectivity index (χ1) is 10.5. The summed E-state index contributed by atoms with van der Waals surface area (Å²) in [6, 6.07) is 10.5. The van der Waals surface area contributed by atoms with Crippen molar-refractivity contribution in [1.82, 2.24) is 9.80 Å². The number of rotatable bonds is 5. The number of likely N-dealkylation sites (N-methyl/N-ethyl adjacent to an activating group) is 1. The van der Waals surface area contributed by atoms with Gasteiger partial charge in [-0.25, -0.2) is 0 Å². The summed E-state index contributed by atoms with van der Waals surface area (Å²) in [7, 11) is 2.10. The van der Waals surface area contributed by atoms with Crippen LogP contribution in [0.4, 0.5) is 0 Å². The molecule has 0 spiro atoms. The van der Waals surface area contributed by atoms with E-state index in [1.165, 1.54) is 0 Å². The fraction of sp³-hybridized carbons (Fsp3) is 0.611. The highest BCUT2D eigenvalue weighted by molar-refractivity contribution is 5.32. The minimum Gasteiger partial charge on any atom is -0.387 e. The van der Waals surface area contributed by atoms with Gasteiger partial charge in [0, 0.05) is 18.6 Å². The van der Waals surface area contributed by atoms with Gasteiger partial charge in [0.15, 0.2) is 0 Å². The van der Waals surface area contributed by atoms with E-state index in [2.05, 4.69) is 36.8 Å².